The minimum atomic E-state index is -3.26. The van der Waals surface area contributed by atoms with Crippen LogP contribution in [0.1, 0.15) is 12.6 Å². The Morgan fingerprint density at radius 2 is 2.31 bits per heavy atom. The van der Waals surface area contributed by atoms with Gasteiger partial charge in [0.25, 0.3) is 0 Å². The molecule has 1 aromatic rings. The molecular formula is C9H16ClN3O2S. The molecule has 16 heavy (non-hydrogen) atoms. The highest BCUT2D eigenvalue weighted by molar-refractivity contribution is 7.89. The van der Waals surface area contributed by atoms with Crippen molar-refractivity contribution in [2.45, 2.75) is 13.5 Å². The molecule has 7 heteroatoms. The Labute approximate surface area is 101 Å². The summed E-state index contributed by atoms with van der Waals surface area (Å²) in [5.41, 5.74) is 0.821. The van der Waals surface area contributed by atoms with Gasteiger partial charge in [-0.05, 0) is 12.0 Å². The highest BCUT2D eigenvalue weighted by atomic mass is 35.5. The van der Waals surface area contributed by atoms with E-state index in [4.69, 9.17) is 11.6 Å². The van der Waals surface area contributed by atoms with Crippen LogP contribution in [0.25, 0.3) is 0 Å². The highest BCUT2D eigenvalue weighted by Crippen LogP contribution is 2.03. The van der Waals surface area contributed by atoms with E-state index in [1.165, 1.54) is 0 Å². The van der Waals surface area contributed by atoms with Gasteiger partial charge in [-0.2, -0.15) is 5.10 Å². The number of alkyl halides is 1. The zero-order valence-corrected chi connectivity index (χ0v) is 10.9. The summed E-state index contributed by atoms with van der Waals surface area (Å²) >= 11 is 5.58. The van der Waals surface area contributed by atoms with Gasteiger partial charge in [0, 0.05) is 19.1 Å². The third kappa shape index (κ3) is 4.11. The molecule has 92 valence electrons. The summed E-state index contributed by atoms with van der Waals surface area (Å²) in [5.74, 6) is 0.340. The molecule has 0 aliphatic carbocycles. The Morgan fingerprint density at radius 3 is 2.81 bits per heavy atom. The van der Waals surface area contributed by atoms with E-state index in [9.17, 15) is 8.42 Å². The molecule has 1 aromatic heterocycles. The van der Waals surface area contributed by atoms with Gasteiger partial charge in [0.15, 0.2) is 0 Å². The Bertz CT molecular complexity index is 430. The summed E-state index contributed by atoms with van der Waals surface area (Å²) in [6.07, 6.45) is 1.63. The summed E-state index contributed by atoms with van der Waals surface area (Å²) in [6, 6.07) is 1.77. The molecule has 0 saturated heterocycles. The lowest BCUT2D eigenvalue weighted by Gasteiger charge is -2.10. The van der Waals surface area contributed by atoms with Gasteiger partial charge in [-0.25, -0.2) is 13.1 Å². The third-order valence-electron chi connectivity index (χ3n) is 2.16. The molecule has 1 atom stereocenters. The normalized spacial score (nSPS) is 13.9. The van der Waals surface area contributed by atoms with Gasteiger partial charge in [0.1, 0.15) is 0 Å². The van der Waals surface area contributed by atoms with E-state index < -0.39 is 10.0 Å². The van der Waals surface area contributed by atoms with Crippen LogP contribution in [-0.2, 0) is 23.6 Å². The molecule has 0 aliphatic rings. The van der Waals surface area contributed by atoms with E-state index in [0.29, 0.717) is 5.88 Å². The lowest BCUT2D eigenvalue weighted by molar-refractivity contribution is 0.565. The molecule has 0 saturated carbocycles. The second-order valence-electron chi connectivity index (χ2n) is 3.81. The number of rotatable bonds is 6. The van der Waals surface area contributed by atoms with Crippen molar-refractivity contribution in [1.29, 1.82) is 0 Å². The van der Waals surface area contributed by atoms with Crippen molar-refractivity contribution in [3.05, 3.63) is 18.0 Å². The second kappa shape index (κ2) is 5.65. The maximum Gasteiger partial charge on any atom is 0.212 e. The lowest BCUT2D eigenvalue weighted by atomic mass is 10.3. The number of aromatic nitrogens is 2. The smallest absolute Gasteiger partial charge is 0.212 e. The zero-order chi connectivity index (χ0) is 12.2. The first kappa shape index (κ1) is 13.5. The van der Waals surface area contributed by atoms with Gasteiger partial charge in [-0.1, -0.05) is 6.92 Å². The van der Waals surface area contributed by atoms with Gasteiger partial charge in [0.05, 0.1) is 18.0 Å². The van der Waals surface area contributed by atoms with Gasteiger partial charge in [-0.15, -0.1) is 11.6 Å². The monoisotopic (exact) mass is 265 g/mol. The van der Waals surface area contributed by atoms with Crippen molar-refractivity contribution >= 4 is 21.6 Å². The summed E-state index contributed by atoms with van der Waals surface area (Å²) in [7, 11) is -1.49. The minimum absolute atomic E-state index is 0.0500. The predicted octanol–water partition coefficient (Wildman–Crippen LogP) is 0.714. The van der Waals surface area contributed by atoms with Crippen LogP contribution in [0.4, 0.5) is 0 Å². The number of aryl methyl sites for hydroxylation is 1. The number of hydrogen-bond donors (Lipinski definition) is 1. The maximum atomic E-state index is 11.6. The average molecular weight is 266 g/mol. The maximum absolute atomic E-state index is 11.6. The Balaban J connectivity index is 2.52. The molecule has 1 rings (SSSR count). The number of sulfonamides is 1. The standard InChI is InChI=1S/C9H16ClN3O2S/c1-8(5-10)7-16(14,15)12-6-9-3-4-11-13(9)2/h3-4,8,12H,5-7H2,1-2H3. The highest BCUT2D eigenvalue weighted by Gasteiger charge is 2.15. The molecule has 1 N–H and O–H groups in total. The molecule has 0 spiro atoms. The van der Waals surface area contributed by atoms with E-state index in [-0.39, 0.29) is 18.2 Å². The number of nitrogens with zero attached hydrogens (tertiary/aromatic N) is 2. The van der Waals surface area contributed by atoms with E-state index in [1.54, 1.807) is 30.9 Å². The van der Waals surface area contributed by atoms with Gasteiger partial charge < -0.3 is 0 Å². The predicted molar refractivity (Wildman–Crippen MR) is 63.7 cm³/mol. The molecule has 0 amide bonds. The van der Waals surface area contributed by atoms with Crippen LogP contribution in [0.15, 0.2) is 12.3 Å². The Morgan fingerprint density at radius 1 is 1.62 bits per heavy atom. The minimum Gasteiger partial charge on any atom is -0.271 e. The molecule has 1 heterocycles. The van der Waals surface area contributed by atoms with Crippen LogP contribution >= 0.6 is 11.6 Å². The van der Waals surface area contributed by atoms with Gasteiger partial charge in [-0.3, -0.25) is 4.68 Å². The lowest BCUT2D eigenvalue weighted by Crippen LogP contribution is -2.29. The number of nitrogens with one attached hydrogen (secondary N) is 1. The third-order valence-corrected chi connectivity index (χ3v) is 4.28. The van der Waals surface area contributed by atoms with Crippen LogP contribution in [-0.4, -0.2) is 29.8 Å². The van der Waals surface area contributed by atoms with E-state index in [0.717, 1.165) is 5.69 Å². The van der Waals surface area contributed by atoms with Gasteiger partial charge in [0.2, 0.25) is 10.0 Å². The van der Waals surface area contributed by atoms with Gasteiger partial charge >= 0.3 is 0 Å². The number of halogens is 1. The van der Waals surface area contributed by atoms with Crippen LogP contribution in [0, 0.1) is 5.92 Å². The van der Waals surface area contributed by atoms with Crippen LogP contribution in [0.5, 0.6) is 0 Å². The topological polar surface area (TPSA) is 64.0 Å². The summed E-state index contributed by atoms with van der Waals surface area (Å²) < 4.78 is 27.4. The summed E-state index contributed by atoms with van der Waals surface area (Å²) in [4.78, 5) is 0. The first-order chi connectivity index (χ1) is 7.44. The average Bonchev–Trinajstić information content (AvgIpc) is 2.60. The summed E-state index contributed by atoms with van der Waals surface area (Å²) in [5, 5.41) is 3.96. The molecule has 1 unspecified atom stereocenters. The largest absolute Gasteiger partial charge is 0.271 e. The van der Waals surface area contributed by atoms with Crippen LogP contribution in [0.2, 0.25) is 0 Å². The van der Waals surface area contributed by atoms with E-state index in [2.05, 4.69) is 9.82 Å². The molecule has 0 fully saturated rings. The molecular weight excluding hydrogens is 250 g/mol. The van der Waals surface area contributed by atoms with Crippen molar-refractivity contribution in [1.82, 2.24) is 14.5 Å². The fourth-order valence-electron chi connectivity index (χ4n) is 1.24. The molecule has 5 nitrogen and oxygen atoms in total. The summed E-state index contributed by atoms with van der Waals surface area (Å²) in [6.45, 7) is 2.06. The van der Waals surface area contributed by atoms with Crippen LogP contribution < -0.4 is 4.72 Å². The molecule has 0 bridgehead atoms. The molecule has 0 aliphatic heterocycles. The zero-order valence-electron chi connectivity index (χ0n) is 9.35. The molecule has 0 aromatic carbocycles. The Kier molecular flexibility index (Phi) is 4.76. The fraction of sp³-hybridized carbons (Fsp3) is 0.667. The van der Waals surface area contributed by atoms with Crippen molar-refractivity contribution in [3.8, 4) is 0 Å². The van der Waals surface area contributed by atoms with Crippen molar-refractivity contribution < 1.29 is 8.42 Å². The quantitative estimate of drug-likeness (QED) is 0.771. The van der Waals surface area contributed by atoms with E-state index >= 15 is 0 Å². The number of hydrogen-bond acceptors (Lipinski definition) is 3. The molecule has 0 radical (unpaired) electrons. The second-order valence-corrected chi connectivity index (χ2v) is 5.97. The van der Waals surface area contributed by atoms with Crippen molar-refractivity contribution in [2.75, 3.05) is 11.6 Å². The van der Waals surface area contributed by atoms with Crippen LogP contribution in [0.3, 0.4) is 0 Å². The Hall–Kier alpha value is -0.590. The first-order valence-electron chi connectivity index (χ1n) is 4.95. The van der Waals surface area contributed by atoms with E-state index in [1.807, 2.05) is 0 Å². The fourth-order valence-corrected chi connectivity index (χ4v) is 2.83. The van der Waals surface area contributed by atoms with Crippen molar-refractivity contribution in [2.24, 2.45) is 13.0 Å². The first-order valence-corrected chi connectivity index (χ1v) is 7.13. The van der Waals surface area contributed by atoms with Crippen molar-refractivity contribution in [3.63, 3.8) is 0 Å². The SMILES string of the molecule is CC(CCl)CS(=O)(=O)NCc1ccnn1C.